The van der Waals surface area contributed by atoms with Gasteiger partial charge >= 0.3 is 0 Å². The predicted molar refractivity (Wildman–Crippen MR) is 79.8 cm³/mol. The molecule has 1 aromatic rings. The van der Waals surface area contributed by atoms with Gasteiger partial charge in [-0.1, -0.05) is 6.92 Å². The van der Waals surface area contributed by atoms with E-state index in [0.717, 1.165) is 0 Å². The SMILES string of the molecule is CCC(CCl)(CCl)NC(=O)c1ccc([N+](=O)[O-])c(C)c1. The van der Waals surface area contributed by atoms with Crippen LogP contribution in [0.2, 0.25) is 0 Å². The second kappa shape index (κ2) is 6.90. The molecule has 0 heterocycles. The van der Waals surface area contributed by atoms with Crippen LogP contribution in [0, 0.1) is 17.0 Å². The average molecular weight is 319 g/mol. The minimum absolute atomic E-state index is 0.0157. The Bertz CT molecular complexity index is 508. The molecular weight excluding hydrogens is 303 g/mol. The molecule has 0 aliphatic carbocycles. The summed E-state index contributed by atoms with van der Waals surface area (Å²) in [5.74, 6) is 0.0567. The molecule has 0 saturated carbocycles. The number of halogens is 2. The fourth-order valence-corrected chi connectivity index (χ4v) is 2.49. The summed E-state index contributed by atoms with van der Waals surface area (Å²) in [6.45, 7) is 3.47. The van der Waals surface area contributed by atoms with Gasteiger partial charge < -0.3 is 5.32 Å². The van der Waals surface area contributed by atoms with Crippen molar-refractivity contribution in [1.82, 2.24) is 5.32 Å². The molecule has 0 spiro atoms. The van der Waals surface area contributed by atoms with Crippen LogP contribution in [-0.2, 0) is 0 Å². The molecule has 1 aromatic carbocycles. The highest BCUT2D eigenvalue weighted by Gasteiger charge is 2.29. The summed E-state index contributed by atoms with van der Waals surface area (Å²) in [4.78, 5) is 22.4. The lowest BCUT2D eigenvalue weighted by molar-refractivity contribution is -0.385. The zero-order valence-corrected chi connectivity index (χ0v) is 12.8. The second-order valence-electron chi connectivity index (χ2n) is 4.61. The molecule has 1 N–H and O–H groups in total. The number of amides is 1. The van der Waals surface area contributed by atoms with Crippen LogP contribution < -0.4 is 5.32 Å². The van der Waals surface area contributed by atoms with Crippen molar-refractivity contribution in [2.24, 2.45) is 0 Å². The Morgan fingerprint density at radius 3 is 2.40 bits per heavy atom. The predicted octanol–water partition coefficient (Wildman–Crippen LogP) is 3.26. The van der Waals surface area contributed by atoms with E-state index in [1.807, 2.05) is 6.92 Å². The van der Waals surface area contributed by atoms with Crippen LogP contribution >= 0.6 is 23.2 Å². The summed E-state index contributed by atoms with van der Waals surface area (Å²) in [5, 5.41) is 13.5. The fraction of sp³-hybridized carbons (Fsp3) is 0.462. The van der Waals surface area contributed by atoms with Crippen molar-refractivity contribution >= 4 is 34.8 Å². The van der Waals surface area contributed by atoms with E-state index in [9.17, 15) is 14.9 Å². The molecule has 0 aliphatic heterocycles. The van der Waals surface area contributed by atoms with Crippen molar-refractivity contribution in [1.29, 1.82) is 0 Å². The van der Waals surface area contributed by atoms with Crippen molar-refractivity contribution in [2.45, 2.75) is 25.8 Å². The van der Waals surface area contributed by atoms with Gasteiger partial charge in [-0.2, -0.15) is 0 Å². The standard InChI is InChI=1S/C13H16Cl2N2O3/c1-3-13(7-14,8-15)16-12(18)10-4-5-11(17(19)20)9(2)6-10/h4-6H,3,7-8H2,1-2H3,(H,16,18). The molecule has 0 bridgehead atoms. The van der Waals surface area contributed by atoms with Gasteiger partial charge in [0.1, 0.15) is 0 Å². The molecule has 0 aromatic heterocycles. The Balaban J connectivity index is 2.99. The van der Waals surface area contributed by atoms with Crippen molar-refractivity contribution in [2.75, 3.05) is 11.8 Å². The first-order chi connectivity index (χ1) is 9.39. The number of hydrogen-bond donors (Lipinski definition) is 1. The molecule has 5 nitrogen and oxygen atoms in total. The van der Waals surface area contributed by atoms with Crippen molar-refractivity contribution in [3.63, 3.8) is 0 Å². The maximum atomic E-state index is 12.2. The van der Waals surface area contributed by atoms with Crippen LogP contribution in [0.1, 0.15) is 29.3 Å². The number of carbonyl (C=O) groups excluding carboxylic acids is 1. The van der Waals surface area contributed by atoms with E-state index in [0.29, 0.717) is 17.5 Å². The van der Waals surface area contributed by atoms with Gasteiger partial charge in [0.2, 0.25) is 0 Å². The minimum atomic E-state index is -0.671. The molecule has 0 aliphatic rings. The second-order valence-corrected chi connectivity index (χ2v) is 5.15. The Labute approximate surface area is 127 Å². The van der Waals surface area contributed by atoms with E-state index in [-0.39, 0.29) is 23.4 Å². The first kappa shape index (κ1) is 16.7. The highest BCUT2D eigenvalue weighted by atomic mass is 35.5. The largest absolute Gasteiger partial charge is 0.344 e. The van der Waals surface area contributed by atoms with Gasteiger partial charge in [-0.3, -0.25) is 14.9 Å². The van der Waals surface area contributed by atoms with Crippen LogP contribution in [-0.4, -0.2) is 28.1 Å². The molecule has 1 amide bonds. The molecule has 1 rings (SSSR count). The normalized spacial score (nSPS) is 11.2. The van der Waals surface area contributed by atoms with Crippen LogP contribution in [0.25, 0.3) is 0 Å². The molecule has 0 fully saturated rings. The lowest BCUT2D eigenvalue weighted by atomic mass is 10.00. The van der Waals surface area contributed by atoms with E-state index in [2.05, 4.69) is 5.32 Å². The van der Waals surface area contributed by atoms with E-state index >= 15 is 0 Å². The number of benzene rings is 1. The molecule has 110 valence electrons. The van der Waals surface area contributed by atoms with Crippen LogP contribution in [0.5, 0.6) is 0 Å². The number of nitro benzene ring substituents is 1. The lowest BCUT2D eigenvalue weighted by Gasteiger charge is -2.29. The number of nitro groups is 1. The van der Waals surface area contributed by atoms with Gasteiger partial charge in [0.05, 0.1) is 10.5 Å². The Morgan fingerprint density at radius 1 is 1.40 bits per heavy atom. The number of nitrogens with one attached hydrogen (secondary N) is 1. The number of rotatable bonds is 6. The third kappa shape index (κ3) is 3.61. The van der Waals surface area contributed by atoms with Gasteiger partial charge in [-0.25, -0.2) is 0 Å². The quantitative estimate of drug-likeness (QED) is 0.497. The van der Waals surface area contributed by atoms with Crippen molar-refractivity contribution < 1.29 is 9.72 Å². The van der Waals surface area contributed by atoms with Gasteiger partial charge in [-0.05, 0) is 25.5 Å². The highest BCUT2D eigenvalue weighted by Crippen LogP contribution is 2.20. The monoisotopic (exact) mass is 318 g/mol. The summed E-state index contributed by atoms with van der Waals surface area (Å²) in [6, 6.07) is 4.22. The number of hydrogen-bond acceptors (Lipinski definition) is 3. The summed E-state index contributed by atoms with van der Waals surface area (Å²) >= 11 is 11.7. The zero-order chi connectivity index (χ0) is 15.3. The summed E-state index contributed by atoms with van der Waals surface area (Å²) in [6.07, 6.45) is 0.595. The summed E-state index contributed by atoms with van der Waals surface area (Å²) in [5.41, 5.74) is 0.0937. The molecule has 20 heavy (non-hydrogen) atoms. The maximum absolute atomic E-state index is 12.2. The van der Waals surface area contributed by atoms with Gasteiger partial charge in [-0.15, -0.1) is 23.2 Å². The maximum Gasteiger partial charge on any atom is 0.272 e. The minimum Gasteiger partial charge on any atom is -0.344 e. The van der Waals surface area contributed by atoms with Crippen LogP contribution in [0.3, 0.4) is 0 Å². The van der Waals surface area contributed by atoms with Crippen LogP contribution in [0.15, 0.2) is 18.2 Å². The molecule has 0 saturated heterocycles. The van der Waals surface area contributed by atoms with Crippen LogP contribution in [0.4, 0.5) is 5.69 Å². The molecular formula is C13H16Cl2N2O3. The molecule has 0 radical (unpaired) electrons. The van der Waals surface area contributed by atoms with Crippen molar-refractivity contribution in [3.8, 4) is 0 Å². The average Bonchev–Trinajstić information content (AvgIpc) is 2.44. The van der Waals surface area contributed by atoms with Gasteiger partial charge in [0.15, 0.2) is 0 Å². The summed E-state index contributed by atoms with van der Waals surface area (Å²) in [7, 11) is 0. The zero-order valence-electron chi connectivity index (χ0n) is 11.3. The third-order valence-electron chi connectivity index (χ3n) is 3.22. The van der Waals surface area contributed by atoms with E-state index in [4.69, 9.17) is 23.2 Å². The Morgan fingerprint density at radius 2 is 2.00 bits per heavy atom. The Hall–Kier alpha value is -1.33. The molecule has 7 heteroatoms. The topological polar surface area (TPSA) is 72.2 Å². The lowest BCUT2D eigenvalue weighted by Crippen LogP contribution is -2.51. The smallest absolute Gasteiger partial charge is 0.272 e. The Kier molecular flexibility index (Phi) is 5.77. The van der Waals surface area contributed by atoms with E-state index in [1.54, 1.807) is 6.92 Å². The molecule has 0 unspecified atom stereocenters. The molecule has 0 atom stereocenters. The number of aryl methyl sites for hydroxylation is 1. The first-order valence-corrected chi connectivity index (χ1v) is 7.15. The van der Waals surface area contributed by atoms with Crippen molar-refractivity contribution in [3.05, 3.63) is 39.4 Å². The number of alkyl halides is 2. The van der Waals surface area contributed by atoms with E-state index < -0.39 is 10.5 Å². The highest BCUT2D eigenvalue weighted by molar-refractivity contribution is 6.22. The van der Waals surface area contributed by atoms with E-state index in [1.165, 1.54) is 18.2 Å². The fourth-order valence-electron chi connectivity index (χ4n) is 1.69. The third-order valence-corrected chi connectivity index (χ3v) is 4.25. The van der Waals surface area contributed by atoms with Gasteiger partial charge in [0, 0.05) is 29.0 Å². The number of nitrogens with zero attached hydrogens (tertiary/aromatic N) is 1. The number of carbonyl (C=O) groups is 1. The first-order valence-electron chi connectivity index (χ1n) is 6.08. The summed E-state index contributed by atoms with van der Waals surface area (Å²) < 4.78 is 0. The van der Waals surface area contributed by atoms with Gasteiger partial charge in [0.25, 0.3) is 11.6 Å².